The van der Waals surface area contributed by atoms with E-state index in [-0.39, 0.29) is 17.7 Å². The molecule has 1 saturated carbocycles. The maximum absolute atomic E-state index is 11.5. The van der Waals surface area contributed by atoms with Gasteiger partial charge in [-0.3, -0.25) is 4.79 Å². The number of ketones is 1. The Hall–Kier alpha value is -1.32. The molecule has 0 heterocycles. The minimum absolute atomic E-state index is 0.0612. The van der Waals surface area contributed by atoms with Gasteiger partial charge in [-0.15, -0.1) is 0 Å². The van der Waals surface area contributed by atoms with Gasteiger partial charge in [-0.1, -0.05) is 6.08 Å². The topological polar surface area (TPSA) is 55.4 Å². The zero-order valence-corrected chi connectivity index (χ0v) is 10.9. The molecule has 0 saturated heterocycles. The molecule has 96 valence electrons. The molecular weight excluding hydrogens is 218 g/mol. The third-order valence-corrected chi connectivity index (χ3v) is 2.59. The largest absolute Gasteiger partial charge is 0.444 e. The number of carbonyl (C=O) groups is 2. The molecule has 0 atom stereocenters. The van der Waals surface area contributed by atoms with Crippen molar-refractivity contribution in [2.24, 2.45) is 5.92 Å². The fraction of sp³-hybridized carbons (Fsp3) is 0.692. The predicted molar refractivity (Wildman–Crippen MR) is 65.7 cm³/mol. The Morgan fingerprint density at radius 3 is 2.35 bits per heavy atom. The molecule has 1 fully saturated rings. The molecule has 1 aliphatic carbocycles. The van der Waals surface area contributed by atoms with Crippen molar-refractivity contribution in [1.82, 2.24) is 5.32 Å². The van der Waals surface area contributed by atoms with Crippen LogP contribution in [-0.2, 0) is 9.53 Å². The molecule has 0 unspecified atom stereocenters. The van der Waals surface area contributed by atoms with Gasteiger partial charge in [0.2, 0.25) is 0 Å². The van der Waals surface area contributed by atoms with Crippen LogP contribution in [0.4, 0.5) is 4.79 Å². The van der Waals surface area contributed by atoms with Gasteiger partial charge in [0.05, 0.1) is 0 Å². The first-order chi connectivity index (χ1) is 7.81. The number of amides is 1. The highest BCUT2D eigenvalue weighted by Gasteiger charge is 2.34. The highest BCUT2D eigenvalue weighted by atomic mass is 16.6. The van der Waals surface area contributed by atoms with Crippen molar-refractivity contribution in [2.45, 2.75) is 52.2 Å². The van der Waals surface area contributed by atoms with Crippen molar-refractivity contribution < 1.29 is 14.3 Å². The minimum atomic E-state index is -0.478. The summed E-state index contributed by atoms with van der Waals surface area (Å²) >= 11 is 0. The lowest BCUT2D eigenvalue weighted by molar-refractivity contribution is -0.121. The molecule has 1 amide bonds. The highest BCUT2D eigenvalue weighted by molar-refractivity contribution is 5.92. The van der Waals surface area contributed by atoms with Gasteiger partial charge in [-0.25, -0.2) is 4.79 Å². The van der Waals surface area contributed by atoms with Gasteiger partial charge in [0.25, 0.3) is 0 Å². The third kappa shape index (κ3) is 4.59. The van der Waals surface area contributed by atoms with Crippen LogP contribution in [0.15, 0.2) is 12.2 Å². The summed E-state index contributed by atoms with van der Waals surface area (Å²) in [5, 5.41) is 2.76. The summed E-state index contributed by atoms with van der Waals surface area (Å²) in [6, 6.07) is 0.0732. The van der Waals surface area contributed by atoms with Crippen molar-refractivity contribution in [3.63, 3.8) is 0 Å². The lowest BCUT2D eigenvalue weighted by atomic mass is 9.77. The molecule has 1 rings (SSSR count). The number of rotatable bonds is 3. The van der Waals surface area contributed by atoms with Crippen LogP contribution in [0.2, 0.25) is 0 Å². The average molecular weight is 239 g/mol. The van der Waals surface area contributed by atoms with Crippen molar-refractivity contribution in [3.05, 3.63) is 12.2 Å². The number of carbonyl (C=O) groups excluding carboxylic acids is 2. The lowest BCUT2D eigenvalue weighted by Crippen LogP contribution is -2.47. The Balaban J connectivity index is 2.26. The molecule has 0 aromatic rings. The van der Waals surface area contributed by atoms with Crippen LogP contribution in [0.3, 0.4) is 0 Å². The van der Waals surface area contributed by atoms with Crippen molar-refractivity contribution >= 4 is 11.9 Å². The van der Waals surface area contributed by atoms with Crippen LogP contribution in [0, 0.1) is 5.92 Å². The average Bonchev–Trinajstić information content (AvgIpc) is 2.07. The molecule has 0 spiro atoms. The Morgan fingerprint density at radius 2 is 1.88 bits per heavy atom. The van der Waals surface area contributed by atoms with E-state index in [4.69, 9.17) is 4.74 Å². The van der Waals surface area contributed by atoms with E-state index in [0.717, 1.165) is 0 Å². The van der Waals surface area contributed by atoms with Crippen molar-refractivity contribution in [1.29, 1.82) is 0 Å². The zero-order chi connectivity index (χ0) is 13.1. The molecule has 0 radical (unpaired) electrons. The molecule has 4 heteroatoms. The highest BCUT2D eigenvalue weighted by Crippen LogP contribution is 2.28. The molecule has 17 heavy (non-hydrogen) atoms. The van der Waals surface area contributed by atoms with Crippen LogP contribution in [-0.4, -0.2) is 23.5 Å². The summed E-state index contributed by atoms with van der Waals surface area (Å²) in [5.74, 6) is 0.209. The van der Waals surface area contributed by atoms with Crippen LogP contribution >= 0.6 is 0 Å². The van der Waals surface area contributed by atoms with Gasteiger partial charge in [0.15, 0.2) is 5.78 Å². The number of hydrogen-bond donors (Lipinski definition) is 1. The monoisotopic (exact) mass is 239 g/mol. The number of alkyl carbamates (subject to hydrolysis) is 1. The van der Waals surface area contributed by atoms with Crippen molar-refractivity contribution in [2.75, 3.05) is 0 Å². The van der Waals surface area contributed by atoms with E-state index in [9.17, 15) is 9.59 Å². The van der Waals surface area contributed by atoms with E-state index in [1.807, 2.05) is 27.7 Å². The molecule has 1 aliphatic rings. The summed E-state index contributed by atoms with van der Waals surface area (Å²) in [6.45, 7) is 7.30. The molecular formula is C13H21NO3. The van der Waals surface area contributed by atoms with E-state index in [1.54, 1.807) is 12.2 Å². The summed E-state index contributed by atoms with van der Waals surface area (Å²) in [4.78, 5) is 22.9. The molecule has 0 bridgehead atoms. The van der Waals surface area contributed by atoms with E-state index in [0.29, 0.717) is 12.8 Å². The first-order valence-corrected chi connectivity index (χ1v) is 5.98. The van der Waals surface area contributed by atoms with Crippen LogP contribution < -0.4 is 5.32 Å². The normalized spacial score (nSPS) is 24.2. The Kier molecular flexibility index (Phi) is 4.32. The maximum Gasteiger partial charge on any atom is 0.407 e. The van der Waals surface area contributed by atoms with Crippen molar-refractivity contribution in [3.8, 4) is 0 Å². The predicted octanol–water partition coefficient (Wildman–Crippen LogP) is 2.43. The lowest BCUT2D eigenvalue weighted by Gasteiger charge is -2.34. The quantitative estimate of drug-likeness (QED) is 0.769. The Labute approximate surface area is 102 Å². The van der Waals surface area contributed by atoms with Gasteiger partial charge < -0.3 is 10.1 Å². The van der Waals surface area contributed by atoms with Gasteiger partial charge in [0, 0.05) is 12.0 Å². The fourth-order valence-electron chi connectivity index (χ4n) is 1.74. The van der Waals surface area contributed by atoms with E-state index in [1.165, 1.54) is 0 Å². The third-order valence-electron chi connectivity index (χ3n) is 2.59. The maximum atomic E-state index is 11.5. The first kappa shape index (κ1) is 13.7. The Bertz CT molecular complexity index is 322. The Morgan fingerprint density at radius 1 is 1.29 bits per heavy atom. The first-order valence-electron chi connectivity index (χ1n) is 5.98. The van der Waals surface area contributed by atoms with Crippen LogP contribution in [0.25, 0.3) is 0 Å². The van der Waals surface area contributed by atoms with E-state index in [2.05, 4.69) is 5.32 Å². The summed E-state index contributed by atoms with van der Waals surface area (Å²) in [7, 11) is 0. The number of allylic oxidation sites excluding steroid dienone is 2. The summed E-state index contributed by atoms with van der Waals surface area (Å²) in [6.07, 6.45) is 4.36. The van der Waals surface area contributed by atoms with E-state index >= 15 is 0 Å². The molecule has 0 aliphatic heterocycles. The number of hydrogen-bond acceptors (Lipinski definition) is 3. The van der Waals surface area contributed by atoms with Crippen LogP contribution in [0.5, 0.6) is 0 Å². The second-order valence-corrected chi connectivity index (χ2v) is 5.41. The second kappa shape index (κ2) is 5.34. The molecule has 0 aromatic carbocycles. The molecule has 4 nitrogen and oxygen atoms in total. The smallest absolute Gasteiger partial charge is 0.407 e. The summed E-state index contributed by atoms with van der Waals surface area (Å²) in [5.41, 5.74) is -0.478. The fourth-order valence-corrected chi connectivity index (χ4v) is 1.74. The second-order valence-electron chi connectivity index (χ2n) is 5.41. The van der Waals surface area contributed by atoms with Crippen LogP contribution in [0.1, 0.15) is 40.5 Å². The van der Waals surface area contributed by atoms with Gasteiger partial charge in [-0.05, 0) is 46.6 Å². The van der Waals surface area contributed by atoms with Gasteiger partial charge in [0.1, 0.15) is 5.60 Å². The van der Waals surface area contributed by atoms with E-state index < -0.39 is 11.7 Å². The minimum Gasteiger partial charge on any atom is -0.444 e. The SMILES string of the molecule is C/C=C/C(=O)C1CC(NC(=O)OC(C)(C)C)C1. The van der Waals surface area contributed by atoms with Gasteiger partial charge >= 0.3 is 6.09 Å². The van der Waals surface area contributed by atoms with Gasteiger partial charge in [-0.2, -0.15) is 0 Å². The molecule has 1 N–H and O–H groups in total. The molecule has 0 aromatic heterocycles. The zero-order valence-electron chi connectivity index (χ0n) is 10.9. The number of ether oxygens (including phenoxy) is 1. The summed E-state index contributed by atoms with van der Waals surface area (Å²) < 4.78 is 5.14. The standard InChI is InChI=1S/C13H21NO3/c1-5-6-11(15)9-7-10(8-9)14-12(16)17-13(2,3)4/h5-6,9-10H,7-8H2,1-4H3,(H,14,16)/b6-5+. The number of nitrogens with one attached hydrogen (secondary N) is 1.